The number of aromatic nitrogens is 4. The molecule has 1 N–H and O–H groups in total. The lowest BCUT2D eigenvalue weighted by Crippen LogP contribution is -2.41. The molecule has 2 aromatic heterocycles. The minimum atomic E-state index is -0.945. The van der Waals surface area contributed by atoms with Crippen molar-refractivity contribution in [3.63, 3.8) is 0 Å². The number of ether oxygens (including phenoxy) is 1. The summed E-state index contributed by atoms with van der Waals surface area (Å²) in [5.74, 6) is 0.563. The van der Waals surface area contributed by atoms with Gasteiger partial charge in [-0.2, -0.15) is 0 Å². The smallest absolute Gasteiger partial charge is 0.332 e. The van der Waals surface area contributed by atoms with E-state index < -0.39 is 11.3 Å². The molecule has 0 radical (unpaired) electrons. The highest BCUT2D eigenvalue weighted by Crippen LogP contribution is 2.26. The van der Waals surface area contributed by atoms with Gasteiger partial charge in [0.15, 0.2) is 11.2 Å². The molecular weight excluding hydrogens is 336 g/mol. The number of imidazole rings is 1. The van der Waals surface area contributed by atoms with Gasteiger partial charge in [0, 0.05) is 13.6 Å². The SMILES string of the molecule is Cn1c(=O)n(CCOCC(C)(C)O)c(=O)c2c1ncn2CC1CCCC1. The van der Waals surface area contributed by atoms with Crippen molar-refractivity contribution in [2.24, 2.45) is 13.0 Å². The lowest BCUT2D eigenvalue weighted by Gasteiger charge is -2.17. The highest BCUT2D eigenvalue weighted by Gasteiger charge is 2.20. The molecule has 1 aliphatic rings. The Labute approximate surface area is 152 Å². The van der Waals surface area contributed by atoms with Crippen LogP contribution in [0.2, 0.25) is 0 Å². The molecule has 8 nitrogen and oxygen atoms in total. The quantitative estimate of drug-likeness (QED) is 0.736. The highest BCUT2D eigenvalue weighted by molar-refractivity contribution is 5.69. The van der Waals surface area contributed by atoms with Gasteiger partial charge in [0.05, 0.1) is 31.7 Å². The standard InChI is InChI=1S/C18H28N4O4/c1-18(2,25)11-26-9-8-22-16(23)14-15(20(3)17(22)24)19-12-21(14)10-13-6-4-5-7-13/h12-13,25H,4-11H2,1-3H3. The van der Waals surface area contributed by atoms with Crippen LogP contribution >= 0.6 is 0 Å². The minimum Gasteiger partial charge on any atom is -0.388 e. The Morgan fingerprint density at radius 3 is 2.65 bits per heavy atom. The Morgan fingerprint density at radius 2 is 2.00 bits per heavy atom. The lowest BCUT2D eigenvalue weighted by molar-refractivity contribution is -0.0229. The van der Waals surface area contributed by atoms with Crippen molar-refractivity contribution < 1.29 is 9.84 Å². The average Bonchev–Trinajstić information content (AvgIpc) is 3.21. The van der Waals surface area contributed by atoms with Crippen molar-refractivity contribution in [2.75, 3.05) is 13.2 Å². The van der Waals surface area contributed by atoms with Crippen LogP contribution in [0.25, 0.3) is 11.2 Å². The third kappa shape index (κ3) is 3.91. The van der Waals surface area contributed by atoms with E-state index in [0.717, 1.165) is 6.54 Å². The third-order valence-electron chi connectivity index (χ3n) is 4.95. The van der Waals surface area contributed by atoms with Crippen LogP contribution in [-0.4, -0.2) is 42.6 Å². The Kier molecular flexibility index (Phi) is 5.34. The molecule has 0 bridgehead atoms. The molecule has 1 fully saturated rings. The van der Waals surface area contributed by atoms with Gasteiger partial charge in [-0.25, -0.2) is 9.78 Å². The Balaban J connectivity index is 1.88. The van der Waals surface area contributed by atoms with Crippen molar-refractivity contribution in [1.82, 2.24) is 18.7 Å². The summed E-state index contributed by atoms with van der Waals surface area (Å²) in [5, 5.41) is 9.68. The number of aliphatic hydroxyl groups is 1. The number of aryl methyl sites for hydroxylation is 1. The first-order valence-electron chi connectivity index (χ1n) is 9.23. The molecule has 0 saturated heterocycles. The number of hydrogen-bond donors (Lipinski definition) is 1. The third-order valence-corrected chi connectivity index (χ3v) is 4.95. The molecule has 2 heterocycles. The second-order valence-corrected chi connectivity index (χ2v) is 7.88. The Bertz CT molecular complexity index is 881. The van der Waals surface area contributed by atoms with Gasteiger partial charge in [-0.15, -0.1) is 0 Å². The molecule has 3 rings (SSSR count). The first-order valence-corrected chi connectivity index (χ1v) is 9.23. The summed E-state index contributed by atoms with van der Waals surface area (Å²) in [6.07, 6.45) is 6.48. The van der Waals surface area contributed by atoms with E-state index in [-0.39, 0.29) is 25.3 Å². The van der Waals surface area contributed by atoms with Crippen LogP contribution in [-0.2, 0) is 24.9 Å². The van der Waals surface area contributed by atoms with Gasteiger partial charge < -0.3 is 14.4 Å². The van der Waals surface area contributed by atoms with Crippen molar-refractivity contribution in [2.45, 2.75) is 58.2 Å². The first-order chi connectivity index (χ1) is 12.3. The molecule has 1 saturated carbocycles. The molecular formula is C18H28N4O4. The molecule has 144 valence electrons. The summed E-state index contributed by atoms with van der Waals surface area (Å²) >= 11 is 0. The predicted molar refractivity (Wildman–Crippen MR) is 98.3 cm³/mol. The molecule has 0 unspecified atom stereocenters. The molecule has 0 atom stereocenters. The van der Waals surface area contributed by atoms with E-state index in [9.17, 15) is 14.7 Å². The summed E-state index contributed by atoms with van der Waals surface area (Å²) < 4.78 is 9.90. The van der Waals surface area contributed by atoms with Gasteiger partial charge in [0.2, 0.25) is 0 Å². The molecule has 26 heavy (non-hydrogen) atoms. The molecule has 1 aliphatic carbocycles. The van der Waals surface area contributed by atoms with Crippen molar-refractivity contribution in [1.29, 1.82) is 0 Å². The zero-order valence-electron chi connectivity index (χ0n) is 15.8. The Morgan fingerprint density at radius 1 is 1.31 bits per heavy atom. The number of fused-ring (bicyclic) bond motifs is 1. The van der Waals surface area contributed by atoms with Gasteiger partial charge in [-0.05, 0) is 32.6 Å². The van der Waals surface area contributed by atoms with E-state index in [1.807, 2.05) is 4.57 Å². The lowest BCUT2D eigenvalue weighted by atomic mass is 10.1. The summed E-state index contributed by atoms with van der Waals surface area (Å²) in [4.78, 5) is 29.8. The molecule has 8 heteroatoms. The highest BCUT2D eigenvalue weighted by atomic mass is 16.5. The van der Waals surface area contributed by atoms with Crippen LogP contribution in [0.4, 0.5) is 0 Å². The van der Waals surface area contributed by atoms with Crippen LogP contribution in [0, 0.1) is 5.92 Å². The number of hydrogen-bond acceptors (Lipinski definition) is 5. The fourth-order valence-corrected chi connectivity index (χ4v) is 3.61. The average molecular weight is 364 g/mol. The van der Waals surface area contributed by atoms with E-state index in [1.165, 1.54) is 34.8 Å². The summed E-state index contributed by atoms with van der Waals surface area (Å²) in [5.41, 5.74) is -0.779. The van der Waals surface area contributed by atoms with E-state index in [1.54, 1.807) is 27.2 Å². The van der Waals surface area contributed by atoms with Gasteiger partial charge in [-0.3, -0.25) is 13.9 Å². The molecule has 0 aromatic carbocycles. The fraction of sp³-hybridized carbons (Fsp3) is 0.722. The summed E-state index contributed by atoms with van der Waals surface area (Å²) in [7, 11) is 1.63. The normalized spacial score (nSPS) is 16.0. The van der Waals surface area contributed by atoms with Gasteiger partial charge in [-0.1, -0.05) is 12.8 Å². The maximum Gasteiger partial charge on any atom is 0.332 e. The van der Waals surface area contributed by atoms with Crippen molar-refractivity contribution >= 4 is 11.2 Å². The van der Waals surface area contributed by atoms with Crippen molar-refractivity contribution in [3.05, 3.63) is 27.2 Å². The maximum atomic E-state index is 12.9. The minimum absolute atomic E-state index is 0.143. The molecule has 0 spiro atoms. The summed E-state index contributed by atoms with van der Waals surface area (Å²) in [6.45, 7) is 4.52. The predicted octanol–water partition coefficient (Wildman–Crippen LogP) is 0.874. The first kappa shape index (κ1) is 18.8. The van der Waals surface area contributed by atoms with Gasteiger partial charge in [0.1, 0.15) is 0 Å². The zero-order valence-corrected chi connectivity index (χ0v) is 15.8. The Hall–Kier alpha value is -1.93. The zero-order chi connectivity index (χ0) is 18.9. The van der Waals surface area contributed by atoms with Crippen LogP contribution < -0.4 is 11.2 Å². The monoisotopic (exact) mass is 364 g/mol. The summed E-state index contributed by atoms with van der Waals surface area (Å²) in [6, 6.07) is 0. The second kappa shape index (κ2) is 7.36. The number of nitrogens with zero attached hydrogens (tertiary/aromatic N) is 4. The second-order valence-electron chi connectivity index (χ2n) is 7.88. The maximum absolute atomic E-state index is 12.9. The topological polar surface area (TPSA) is 91.3 Å². The molecule has 0 aliphatic heterocycles. The largest absolute Gasteiger partial charge is 0.388 e. The molecule has 2 aromatic rings. The van der Waals surface area contributed by atoms with Crippen LogP contribution in [0.3, 0.4) is 0 Å². The number of rotatable bonds is 7. The van der Waals surface area contributed by atoms with E-state index in [2.05, 4.69) is 4.98 Å². The fourth-order valence-electron chi connectivity index (χ4n) is 3.61. The van der Waals surface area contributed by atoms with Gasteiger partial charge in [0.25, 0.3) is 5.56 Å². The van der Waals surface area contributed by atoms with Crippen LogP contribution in [0.1, 0.15) is 39.5 Å². The van der Waals surface area contributed by atoms with E-state index in [0.29, 0.717) is 17.1 Å². The van der Waals surface area contributed by atoms with Crippen molar-refractivity contribution in [3.8, 4) is 0 Å². The van der Waals surface area contributed by atoms with Gasteiger partial charge >= 0.3 is 5.69 Å². The molecule has 0 amide bonds. The van der Waals surface area contributed by atoms with Crippen LogP contribution in [0.5, 0.6) is 0 Å². The van der Waals surface area contributed by atoms with Crippen LogP contribution in [0.15, 0.2) is 15.9 Å². The van der Waals surface area contributed by atoms with E-state index >= 15 is 0 Å². The van der Waals surface area contributed by atoms with E-state index in [4.69, 9.17) is 4.74 Å².